The Balaban J connectivity index is 1.54. The molecular weight excluding hydrogens is 366 g/mol. The highest BCUT2D eigenvalue weighted by atomic mass is 16.5. The molecule has 0 aliphatic heterocycles. The number of para-hydroxylation sites is 3. The van der Waals surface area contributed by atoms with E-state index in [4.69, 9.17) is 9.47 Å². The summed E-state index contributed by atoms with van der Waals surface area (Å²) in [7, 11) is 0. The third-order valence-electron chi connectivity index (χ3n) is 4.43. The first-order valence-corrected chi connectivity index (χ1v) is 9.73. The van der Waals surface area contributed by atoms with Gasteiger partial charge in [0.15, 0.2) is 11.5 Å². The van der Waals surface area contributed by atoms with Gasteiger partial charge in [-0.15, -0.1) is 0 Å². The lowest BCUT2D eigenvalue weighted by atomic mass is 10.2. The van der Waals surface area contributed by atoms with Crippen molar-refractivity contribution >= 4 is 0 Å². The van der Waals surface area contributed by atoms with E-state index in [1.54, 1.807) is 18.2 Å². The van der Waals surface area contributed by atoms with Crippen LogP contribution in [0.4, 0.5) is 0 Å². The number of nitrogens with zero attached hydrogens (tertiary/aromatic N) is 1. The summed E-state index contributed by atoms with van der Waals surface area (Å²) in [6, 6.07) is 26.5. The summed E-state index contributed by atoms with van der Waals surface area (Å²) in [5.41, 5.74) is 1.16. The molecule has 5 nitrogen and oxygen atoms in total. The number of hydrogen-bond donors (Lipinski definition) is 2. The minimum absolute atomic E-state index is 0.124. The van der Waals surface area contributed by atoms with Gasteiger partial charge in [0, 0.05) is 19.6 Å². The Morgan fingerprint density at radius 3 is 2.17 bits per heavy atom. The van der Waals surface area contributed by atoms with E-state index in [0.717, 1.165) is 11.3 Å². The maximum atomic E-state index is 10.5. The molecule has 0 spiro atoms. The number of rotatable bonds is 11. The van der Waals surface area contributed by atoms with Crippen molar-refractivity contribution < 1.29 is 19.7 Å². The lowest BCUT2D eigenvalue weighted by molar-refractivity contribution is 0.0603. The number of hydrogen-bond acceptors (Lipinski definition) is 5. The standard InChI is InChI=1S/C24H27NO4/c26-21(19-29-22-11-5-2-6-12-22)18-25(17-20-9-3-1-4-10-20)15-16-28-24-14-8-7-13-23(24)27/h1-14,21,26-27H,15-19H2. The van der Waals surface area contributed by atoms with Crippen LogP contribution >= 0.6 is 0 Å². The van der Waals surface area contributed by atoms with Crippen molar-refractivity contribution in [3.05, 3.63) is 90.5 Å². The van der Waals surface area contributed by atoms with Crippen LogP contribution in [0.15, 0.2) is 84.9 Å². The summed E-state index contributed by atoms with van der Waals surface area (Å²) < 4.78 is 11.4. The first-order valence-electron chi connectivity index (χ1n) is 9.73. The Bertz CT molecular complexity index is 842. The quantitative estimate of drug-likeness (QED) is 0.520. The molecule has 0 bridgehead atoms. The van der Waals surface area contributed by atoms with Crippen LogP contribution in [0.25, 0.3) is 0 Å². The monoisotopic (exact) mass is 393 g/mol. The zero-order valence-corrected chi connectivity index (χ0v) is 16.4. The Morgan fingerprint density at radius 1 is 0.793 bits per heavy atom. The van der Waals surface area contributed by atoms with E-state index in [2.05, 4.69) is 17.0 Å². The lowest BCUT2D eigenvalue weighted by Crippen LogP contribution is -2.37. The van der Waals surface area contributed by atoms with Crippen molar-refractivity contribution in [3.8, 4) is 17.2 Å². The van der Waals surface area contributed by atoms with E-state index in [1.807, 2.05) is 54.6 Å². The van der Waals surface area contributed by atoms with Crippen molar-refractivity contribution in [2.24, 2.45) is 0 Å². The largest absolute Gasteiger partial charge is 0.504 e. The number of aliphatic hydroxyl groups excluding tert-OH is 1. The van der Waals surface area contributed by atoms with Crippen molar-refractivity contribution in [3.63, 3.8) is 0 Å². The molecular formula is C24H27NO4. The second kappa shape index (κ2) is 11.1. The van der Waals surface area contributed by atoms with Gasteiger partial charge in [-0.05, 0) is 29.8 Å². The van der Waals surface area contributed by atoms with Crippen LogP contribution in [-0.2, 0) is 6.54 Å². The molecule has 0 aliphatic rings. The maximum Gasteiger partial charge on any atom is 0.160 e. The molecule has 0 amide bonds. The van der Waals surface area contributed by atoms with Gasteiger partial charge in [0.05, 0.1) is 0 Å². The summed E-state index contributed by atoms with van der Waals surface area (Å²) >= 11 is 0. The number of ether oxygens (including phenoxy) is 2. The maximum absolute atomic E-state index is 10.5. The summed E-state index contributed by atoms with van der Waals surface area (Å²) in [6.07, 6.45) is -0.635. The van der Waals surface area contributed by atoms with Gasteiger partial charge in [0.2, 0.25) is 0 Å². The average molecular weight is 393 g/mol. The summed E-state index contributed by atoms with van der Waals surface area (Å²) in [6.45, 7) is 2.36. The van der Waals surface area contributed by atoms with E-state index in [-0.39, 0.29) is 12.4 Å². The third kappa shape index (κ3) is 7.14. The number of phenols is 1. The van der Waals surface area contributed by atoms with Crippen molar-refractivity contribution in [2.45, 2.75) is 12.6 Å². The van der Waals surface area contributed by atoms with Crippen LogP contribution < -0.4 is 9.47 Å². The minimum Gasteiger partial charge on any atom is -0.504 e. The highest BCUT2D eigenvalue weighted by Crippen LogP contribution is 2.24. The second-order valence-corrected chi connectivity index (χ2v) is 6.81. The Morgan fingerprint density at radius 2 is 1.45 bits per heavy atom. The van der Waals surface area contributed by atoms with Crippen LogP contribution in [0.3, 0.4) is 0 Å². The fourth-order valence-electron chi connectivity index (χ4n) is 3.00. The van der Waals surface area contributed by atoms with Crippen LogP contribution in [-0.4, -0.2) is 47.5 Å². The molecule has 0 saturated carbocycles. The number of aromatic hydroxyl groups is 1. The van der Waals surface area contributed by atoms with Crippen LogP contribution in [0.1, 0.15) is 5.56 Å². The smallest absolute Gasteiger partial charge is 0.160 e. The Kier molecular flexibility index (Phi) is 7.92. The van der Waals surface area contributed by atoms with Gasteiger partial charge >= 0.3 is 0 Å². The van der Waals surface area contributed by atoms with Crippen molar-refractivity contribution in [1.29, 1.82) is 0 Å². The van der Waals surface area contributed by atoms with Crippen molar-refractivity contribution in [1.82, 2.24) is 4.90 Å². The topological polar surface area (TPSA) is 62.2 Å². The molecule has 0 heterocycles. The Hall–Kier alpha value is -3.02. The average Bonchev–Trinajstić information content (AvgIpc) is 2.75. The van der Waals surface area contributed by atoms with E-state index in [9.17, 15) is 10.2 Å². The van der Waals surface area contributed by atoms with E-state index >= 15 is 0 Å². The van der Waals surface area contributed by atoms with Gasteiger partial charge < -0.3 is 19.7 Å². The fraction of sp³-hybridized carbons (Fsp3) is 0.250. The van der Waals surface area contributed by atoms with E-state index in [0.29, 0.717) is 32.0 Å². The van der Waals surface area contributed by atoms with E-state index < -0.39 is 6.10 Å². The van der Waals surface area contributed by atoms with Crippen molar-refractivity contribution in [2.75, 3.05) is 26.3 Å². The molecule has 0 aromatic heterocycles. The van der Waals surface area contributed by atoms with E-state index in [1.165, 1.54) is 0 Å². The fourth-order valence-corrected chi connectivity index (χ4v) is 3.00. The number of benzene rings is 3. The second-order valence-electron chi connectivity index (χ2n) is 6.81. The highest BCUT2D eigenvalue weighted by molar-refractivity contribution is 5.37. The molecule has 29 heavy (non-hydrogen) atoms. The molecule has 1 atom stereocenters. The predicted molar refractivity (Wildman–Crippen MR) is 113 cm³/mol. The zero-order valence-electron chi connectivity index (χ0n) is 16.4. The zero-order chi connectivity index (χ0) is 20.3. The highest BCUT2D eigenvalue weighted by Gasteiger charge is 2.14. The summed E-state index contributed by atoms with van der Waals surface area (Å²) in [5, 5.41) is 20.3. The van der Waals surface area contributed by atoms with Crippen LogP contribution in [0.2, 0.25) is 0 Å². The van der Waals surface area contributed by atoms with Gasteiger partial charge in [-0.3, -0.25) is 4.90 Å². The molecule has 0 saturated heterocycles. The lowest BCUT2D eigenvalue weighted by Gasteiger charge is -2.25. The molecule has 3 aromatic rings. The molecule has 0 aliphatic carbocycles. The van der Waals surface area contributed by atoms with Crippen LogP contribution in [0, 0.1) is 0 Å². The molecule has 2 N–H and O–H groups in total. The molecule has 5 heteroatoms. The van der Waals surface area contributed by atoms with Gasteiger partial charge in [-0.2, -0.15) is 0 Å². The predicted octanol–water partition coefficient (Wildman–Crippen LogP) is 3.71. The SMILES string of the molecule is Oc1ccccc1OCCN(Cc1ccccc1)CC(O)COc1ccccc1. The van der Waals surface area contributed by atoms with Gasteiger partial charge in [0.25, 0.3) is 0 Å². The normalized spacial score (nSPS) is 11.9. The number of phenolic OH excluding ortho intramolecular Hbond substituents is 1. The molecule has 0 radical (unpaired) electrons. The molecule has 152 valence electrons. The molecule has 0 fully saturated rings. The van der Waals surface area contributed by atoms with Gasteiger partial charge in [0.1, 0.15) is 25.1 Å². The van der Waals surface area contributed by atoms with Gasteiger partial charge in [-0.25, -0.2) is 0 Å². The number of aliphatic hydroxyl groups is 1. The Labute approximate surface area is 171 Å². The van der Waals surface area contributed by atoms with Crippen LogP contribution in [0.5, 0.6) is 17.2 Å². The summed E-state index contributed by atoms with van der Waals surface area (Å²) in [4.78, 5) is 2.12. The first kappa shape index (κ1) is 20.7. The molecule has 1 unspecified atom stereocenters. The summed E-state index contributed by atoms with van der Waals surface area (Å²) in [5.74, 6) is 1.32. The molecule has 3 aromatic carbocycles. The molecule has 3 rings (SSSR count). The first-order chi connectivity index (χ1) is 14.2. The van der Waals surface area contributed by atoms with Gasteiger partial charge in [-0.1, -0.05) is 60.7 Å². The third-order valence-corrected chi connectivity index (χ3v) is 4.43. The minimum atomic E-state index is -0.635.